The van der Waals surface area contributed by atoms with Gasteiger partial charge in [0.15, 0.2) is 0 Å². The van der Waals surface area contributed by atoms with Crippen LogP contribution in [0.3, 0.4) is 0 Å². The summed E-state index contributed by atoms with van der Waals surface area (Å²) in [7, 11) is 0. The Labute approximate surface area is 79.5 Å². The van der Waals surface area contributed by atoms with Gasteiger partial charge < -0.3 is 15.2 Å². The van der Waals surface area contributed by atoms with Crippen molar-refractivity contribution in [3.8, 4) is 0 Å². The van der Waals surface area contributed by atoms with Gasteiger partial charge >= 0.3 is 0 Å². The molecule has 3 heteroatoms. The van der Waals surface area contributed by atoms with E-state index in [1.54, 1.807) is 0 Å². The number of ether oxygens (including phenoxy) is 1. The summed E-state index contributed by atoms with van der Waals surface area (Å²) in [5.41, 5.74) is 0.235. The van der Waals surface area contributed by atoms with E-state index in [9.17, 15) is 0 Å². The molecule has 0 radical (unpaired) electrons. The molecule has 0 bridgehead atoms. The van der Waals surface area contributed by atoms with E-state index in [0.717, 1.165) is 19.7 Å². The fourth-order valence-electron chi connectivity index (χ4n) is 1.87. The van der Waals surface area contributed by atoms with Gasteiger partial charge in [0.05, 0.1) is 6.10 Å². The van der Waals surface area contributed by atoms with Gasteiger partial charge in [-0.1, -0.05) is 0 Å². The molecule has 0 spiro atoms. The molecule has 1 unspecified atom stereocenters. The third kappa shape index (κ3) is 2.42. The van der Waals surface area contributed by atoms with Gasteiger partial charge in [0.25, 0.3) is 0 Å². The Bertz CT molecular complexity index is 162. The van der Waals surface area contributed by atoms with Crippen LogP contribution in [0.1, 0.15) is 25.7 Å². The maximum Gasteiger partial charge on any atom is 0.0700 e. The van der Waals surface area contributed by atoms with Crippen molar-refractivity contribution < 1.29 is 9.84 Å². The van der Waals surface area contributed by atoms with Crippen LogP contribution in [0, 0.1) is 5.41 Å². The van der Waals surface area contributed by atoms with Gasteiger partial charge in [-0.2, -0.15) is 0 Å². The fourth-order valence-corrected chi connectivity index (χ4v) is 1.87. The molecule has 2 rings (SSSR count). The second kappa shape index (κ2) is 3.95. The molecule has 76 valence electrons. The Morgan fingerprint density at radius 2 is 2.31 bits per heavy atom. The molecule has 1 heterocycles. The molecule has 0 aromatic heterocycles. The van der Waals surface area contributed by atoms with Crippen molar-refractivity contribution in [1.82, 2.24) is 5.32 Å². The third-order valence-corrected chi connectivity index (χ3v) is 3.19. The van der Waals surface area contributed by atoms with Crippen molar-refractivity contribution in [1.29, 1.82) is 0 Å². The van der Waals surface area contributed by atoms with Gasteiger partial charge in [0.1, 0.15) is 0 Å². The molecular formula is C10H19NO2. The van der Waals surface area contributed by atoms with Crippen LogP contribution in [0.4, 0.5) is 0 Å². The predicted octanol–water partition coefficient (Wildman–Crippen LogP) is 0.527. The summed E-state index contributed by atoms with van der Waals surface area (Å²) in [6.07, 6.45) is 5.19. The van der Waals surface area contributed by atoms with E-state index in [0.29, 0.717) is 12.7 Å². The minimum absolute atomic E-state index is 0.235. The van der Waals surface area contributed by atoms with E-state index in [1.165, 1.54) is 25.7 Å². The second-order valence-electron chi connectivity index (χ2n) is 4.42. The summed E-state index contributed by atoms with van der Waals surface area (Å²) in [5.74, 6) is 0. The van der Waals surface area contributed by atoms with Crippen LogP contribution in [-0.4, -0.2) is 37.5 Å². The average molecular weight is 185 g/mol. The van der Waals surface area contributed by atoms with Crippen molar-refractivity contribution >= 4 is 0 Å². The molecule has 2 N–H and O–H groups in total. The second-order valence-corrected chi connectivity index (χ2v) is 4.42. The Morgan fingerprint density at radius 1 is 1.46 bits per heavy atom. The number of nitrogens with one attached hydrogen (secondary N) is 1. The van der Waals surface area contributed by atoms with Gasteiger partial charge in [-0.25, -0.2) is 0 Å². The van der Waals surface area contributed by atoms with E-state index in [2.05, 4.69) is 5.32 Å². The quantitative estimate of drug-likeness (QED) is 0.656. The number of rotatable bonds is 5. The number of aliphatic hydroxyl groups excluding tert-OH is 1. The summed E-state index contributed by atoms with van der Waals surface area (Å²) < 4.78 is 5.50. The number of hydrogen-bond acceptors (Lipinski definition) is 3. The predicted molar refractivity (Wildman–Crippen MR) is 50.6 cm³/mol. The van der Waals surface area contributed by atoms with Crippen LogP contribution in [0.25, 0.3) is 0 Å². The Hall–Kier alpha value is -0.120. The molecule has 0 aromatic carbocycles. The maximum absolute atomic E-state index is 9.08. The normalized spacial score (nSPS) is 30.7. The van der Waals surface area contributed by atoms with E-state index in [-0.39, 0.29) is 5.41 Å². The van der Waals surface area contributed by atoms with Gasteiger partial charge in [-0.15, -0.1) is 0 Å². The molecule has 1 saturated heterocycles. The molecule has 3 nitrogen and oxygen atoms in total. The highest BCUT2D eigenvalue weighted by molar-refractivity contribution is 4.94. The molecule has 0 amide bonds. The first-order chi connectivity index (χ1) is 6.35. The molecule has 1 atom stereocenters. The summed E-state index contributed by atoms with van der Waals surface area (Å²) in [6.45, 7) is 3.19. The van der Waals surface area contributed by atoms with Gasteiger partial charge in [0.2, 0.25) is 0 Å². The van der Waals surface area contributed by atoms with Crippen LogP contribution < -0.4 is 5.32 Å². The van der Waals surface area contributed by atoms with Crippen molar-refractivity contribution in [3.63, 3.8) is 0 Å². The molecule has 1 saturated carbocycles. The highest BCUT2D eigenvalue weighted by Crippen LogP contribution is 2.44. The molecule has 13 heavy (non-hydrogen) atoms. The highest BCUT2D eigenvalue weighted by atomic mass is 16.5. The minimum atomic E-state index is 0.235. The lowest BCUT2D eigenvalue weighted by Crippen LogP contribution is -2.32. The third-order valence-electron chi connectivity index (χ3n) is 3.19. The van der Waals surface area contributed by atoms with Crippen molar-refractivity contribution in [2.24, 2.45) is 5.41 Å². The maximum atomic E-state index is 9.08. The van der Waals surface area contributed by atoms with Gasteiger partial charge in [-0.3, -0.25) is 0 Å². The number of aliphatic hydroxyl groups is 1. The molecule has 2 fully saturated rings. The first-order valence-electron chi connectivity index (χ1n) is 5.28. The van der Waals surface area contributed by atoms with Gasteiger partial charge in [-0.05, 0) is 25.7 Å². The van der Waals surface area contributed by atoms with Crippen LogP contribution >= 0.6 is 0 Å². The van der Waals surface area contributed by atoms with Crippen LogP contribution in [-0.2, 0) is 4.74 Å². The van der Waals surface area contributed by atoms with Crippen molar-refractivity contribution in [3.05, 3.63) is 0 Å². The molecule has 0 aromatic rings. The standard InChI is InChI=1S/C10H19NO2/c12-8-10(3-4-10)7-11-6-9-2-1-5-13-9/h9,11-12H,1-8H2. The zero-order chi connectivity index (χ0) is 9.15. The van der Waals surface area contributed by atoms with E-state index >= 15 is 0 Å². The lowest BCUT2D eigenvalue weighted by molar-refractivity contribution is 0.107. The lowest BCUT2D eigenvalue weighted by atomic mass is 10.1. The zero-order valence-electron chi connectivity index (χ0n) is 8.09. The highest BCUT2D eigenvalue weighted by Gasteiger charge is 2.41. The smallest absolute Gasteiger partial charge is 0.0700 e. The first-order valence-corrected chi connectivity index (χ1v) is 5.28. The van der Waals surface area contributed by atoms with E-state index < -0.39 is 0 Å². The van der Waals surface area contributed by atoms with Crippen molar-refractivity contribution in [2.45, 2.75) is 31.8 Å². The molecule has 2 aliphatic rings. The van der Waals surface area contributed by atoms with E-state index in [4.69, 9.17) is 9.84 Å². The Kier molecular flexibility index (Phi) is 2.86. The SMILES string of the molecule is OCC1(CNCC2CCCO2)CC1. The summed E-state index contributed by atoms with van der Waals surface area (Å²) >= 11 is 0. The monoisotopic (exact) mass is 185 g/mol. The number of hydrogen-bond donors (Lipinski definition) is 2. The van der Waals surface area contributed by atoms with Crippen molar-refractivity contribution in [2.75, 3.05) is 26.3 Å². The van der Waals surface area contributed by atoms with Crippen LogP contribution in [0.5, 0.6) is 0 Å². The van der Waals surface area contributed by atoms with E-state index in [1.807, 2.05) is 0 Å². The topological polar surface area (TPSA) is 41.5 Å². The summed E-state index contributed by atoms with van der Waals surface area (Å²) in [4.78, 5) is 0. The minimum Gasteiger partial charge on any atom is -0.396 e. The molecule has 1 aliphatic carbocycles. The molecule has 1 aliphatic heterocycles. The first kappa shape index (κ1) is 9.44. The Morgan fingerprint density at radius 3 is 2.85 bits per heavy atom. The van der Waals surface area contributed by atoms with Crippen LogP contribution in [0.2, 0.25) is 0 Å². The van der Waals surface area contributed by atoms with Gasteiger partial charge in [0, 0.05) is 31.7 Å². The lowest BCUT2D eigenvalue weighted by Gasteiger charge is -2.15. The average Bonchev–Trinajstić information content (AvgIpc) is 2.74. The molecular weight excluding hydrogens is 166 g/mol. The summed E-state index contributed by atoms with van der Waals surface area (Å²) in [6, 6.07) is 0. The summed E-state index contributed by atoms with van der Waals surface area (Å²) in [5, 5.41) is 12.5. The Balaban J connectivity index is 1.58. The van der Waals surface area contributed by atoms with Crippen LogP contribution in [0.15, 0.2) is 0 Å². The zero-order valence-corrected chi connectivity index (χ0v) is 8.09. The largest absolute Gasteiger partial charge is 0.396 e. The fraction of sp³-hybridized carbons (Fsp3) is 1.00.